The highest BCUT2D eigenvalue weighted by Crippen LogP contribution is 2.50. The molecule has 1 nitrogen and oxygen atoms in total. The number of hydrogen-bond acceptors (Lipinski definition) is 3. The average Bonchev–Trinajstić information content (AvgIpc) is 3.89. The van der Waals surface area contributed by atoms with Crippen LogP contribution in [0.1, 0.15) is 0 Å². The Morgan fingerprint density at radius 2 is 0.881 bits per heavy atom. The van der Waals surface area contributed by atoms with E-state index in [1.165, 1.54) is 101 Å². The van der Waals surface area contributed by atoms with E-state index in [1.54, 1.807) is 0 Å². The summed E-state index contributed by atoms with van der Waals surface area (Å²) in [7, 11) is 0. The van der Waals surface area contributed by atoms with Gasteiger partial charge in [-0.15, -0.1) is 22.7 Å². The molecule has 0 unspecified atom stereocenters. The average molecular weight is 786 g/mol. The van der Waals surface area contributed by atoms with Crippen LogP contribution in [0.15, 0.2) is 212 Å². The first-order valence-corrected chi connectivity index (χ1v) is 21.7. The third kappa shape index (κ3) is 5.51. The molecule has 0 radical (unpaired) electrons. The van der Waals surface area contributed by atoms with Crippen molar-refractivity contribution in [1.82, 2.24) is 0 Å². The summed E-state index contributed by atoms with van der Waals surface area (Å²) in [6, 6.07) is 78.1. The van der Waals surface area contributed by atoms with Gasteiger partial charge in [-0.05, 0) is 85.9 Å². The molecule has 0 aliphatic heterocycles. The molecule has 0 amide bonds. The second kappa shape index (κ2) is 13.8. The molecule has 0 fully saturated rings. The second-order valence-corrected chi connectivity index (χ2v) is 17.3. The second-order valence-electron chi connectivity index (χ2n) is 15.2. The number of fused-ring (bicyclic) bond motifs is 8. The summed E-state index contributed by atoms with van der Waals surface area (Å²) in [6.07, 6.45) is 0. The maximum Gasteiger partial charge on any atom is 0.0640 e. The lowest BCUT2D eigenvalue weighted by Gasteiger charge is -2.28. The number of thiophene rings is 2. The Kier molecular flexibility index (Phi) is 7.97. The topological polar surface area (TPSA) is 3.24 Å². The quantitative estimate of drug-likeness (QED) is 0.162. The fraction of sp³-hybridized carbons (Fsp3) is 0. The van der Waals surface area contributed by atoms with Gasteiger partial charge in [0.05, 0.1) is 16.1 Å². The van der Waals surface area contributed by atoms with Crippen LogP contribution in [-0.2, 0) is 0 Å². The van der Waals surface area contributed by atoms with E-state index in [4.69, 9.17) is 0 Å². The Morgan fingerprint density at radius 3 is 1.75 bits per heavy atom. The van der Waals surface area contributed by atoms with E-state index in [9.17, 15) is 0 Å². The van der Waals surface area contributed by atoms with Crippen molar-refractivity contribution in [2.24, 2.45) is 0 Å². The normalized spacial score (nSPS) is 11.7. The molecule has 10 aromatic carbocycles. The van der Waals surface area contributed by atoms with Gasteiger partial charge in [0.25, 0.3) is 0 Å². The number of rotatable bonds is 6. The molecule has 12 rings (SSSR count). The number of benzene rings is 10. The number of anilines is 3. The van der Waals surface area contributed by atoms with Crippen molar-refractivity contribution < 1.29 is 0 Å². The zero-order valence-corrected chi connectivity index (χ0v) is 33.6. The molecule has 0 atom stereocenters. The molecular weight excluding hydrogens is 751 g/mol. The molecule has 3 heteroatoms. The summed E-state index contributed by atoms with van der Waals surface area (Å²) in [5, 5.41) is 10.2. The maximum atomic E-state index is 2.50. The van der Waals surface area contributed by atoms with Crippen molar-refractivity contribution in [3.8, 4) is 33.4 Å². The summed E-state index contributed by atoms with van der Waals surface area (Å²) in [5.74, 6) is 0. The van der Waals surface area contributed by atoms with E-state index < -0.39 is 0 Å². The first-order valence-electron chi connectivity index (χ1n) is 20.1. The highest BCUT2D eigenvalue weighted by molar-refractivity contribution is 7.27. The summed E-state index contributed by atoms with van der Waals surface area (Å²) >= 11 is 3.77. The van der Waals surface area contributed by atoms with Crippen LogP contribution in [0.25, 0.3) is 95.3 Å². The van der Waals surface area contributed by atoms with Crippen LogP contribution in [0.5, 0.6) is 0 Å². The van der Waals surface area contributed by atoms with Gasteiger partial charge in [-0.1, -0.05) is 176 Å². The molecule has 276 valence electrons. The lowest BCUT2D eigenvalue weighted by Crippen LogP contribution is -2.11. The summed E-state index contributed by atoms with van der Waals surface area (Å²) in [6.45, 7) is 0. The SMILES string of the molecule is c1ccc(-c2cccc3c2sc2c(N(c4ccc(-c5cccc6ccccc56)cc4)c4ccc(-c5cccc6sc7ccccc7c56)c5ccccc45)cccc23)cc1. The third-order valence-electron chi connectivity index (χ3n) is 11.9. The molecule has 12 aromatic rings. The highest BCUT2D eigenvalue weighted by atomic mass is 32.1. The zero-order valence-electron chi connectivity index (χ0n) is 32.0. The van der Waals surface area contributed by atoms with Crippen molar-refractivity contribution in [2.75, 3.05) is 4.90 Å². The maximum absolute atomic E-state index is 2.50. The minimum absolute atomic E-state index is 1.12. The summed E-state index contributed by atoms with van der Waals surface area (Å²) in [5.41, 5.74) is 10.9. The van der Waals surface area contributed by atoms with Crippen LogP contribution in [-0.4, -0.2) is 0 Å². The van der Waals surface area contributed by atoms with Gasteiger partial charge in [0.15, 0.2) is 0 Å². The molecule has 0 spiro atoms. The van der Waals surface area contributed by atoms with Crippen molar-refractivity contribution in [3.63, 3.8) is 0 Å². The van der Waals surface area contributed by atoms with Crippen LogP contribution in [0.4, 0.5) is 17.1 Å². The van der Waals surface area contributed by atoms with E-state index in [1.807, 2.05) is 22.7 Å². The van der Waals surface area contributed by atoms with Gasteiger partial charge in [-0.2, -0.15) is 0 Å². The summed E-state index contributed by atoms with van der Waals surface area (Å²) < 4.78 is 5.22. The molecule has 0 aliphatic rings. The van der Waals surface area contributed by atoms with E-state index in [0.29, 0.717) is 0 Å². The van der Waals surface area contributed by atoms with Crippen LogP contribution in [0, 0.1) is 0 Å². The van der Waals surface area contributed by atoms with E-state index in [0.717, 1.165) is 11.4 Å². The van der Waals surface area contributed by atoms with Crippen LogP contribution >= 0.6 is 22.7 Å². The molecule has 0 aliphatic carbocycles. The predicted octanol–water partition coefficient (Wildman–Crippen LogP) is 17.2. The van der Waals surface area contributed by atoms with Gasteiger partial charge in [-0.25, -0.2) is 0 Å². The predicted molar refractivity (Wildman–Crippen MR) is 258 cm³/mol. The minimum Gasteiger partial charge on any atom is -0.308 e. The van der Waals surface area contributed by atoms with Gasteiger partial charge in [0.1, 0.15) is 0 Å². The van der Waals surface area contributed by atoms with Crippen molar-refractivity contribution in [2.45, 2.75) is 0 Å². The van der Waals surface area contributed by atoms with Gasteiger partial charge in [-0.3, -0.25) is 0 Å². The molecule has 2 heterocycles. The van der Waals surface area contributed by atoms with Crippen LogP contribution in [0.2, 0.25) is 0 Å². The lowest BCUT2D eigenvalue weighted by atomic mass is 9.93. The number of nitrogens with zero attached hydrogens (tertiary/aromatic N) is 1. The van der Waals surface area contributed by atoms with Crippen molar-refractivity contribution in [3.05, 3.63) is 212 Å². The Hall–Kier alpha value is -7.04. The van der Waals surface area contributed by atoms with Crippen LogP contribution in [0.3, 0.4) is 0 Å². The standard InChI is InChI=1S/C56H35NS2/c1-2-14-37(15-3-1)42-23-11-25-47-48-26-12-27-51(56(48)59-55(42)47)57(39-32-30-38(31-33-39)41-22-10-17-36-16-4-5-18-40(36)41)50-35-34-44(43-19-6-7-20-45(43)50)46-24-13-29-53-54(46)49-21-8-9-28-52(49)58-53/h1-35H. The molecular formula is C56H35NS2. The minimum atomic E-state index is 1.12. The van der Waals surface area contributed by atoms with Crippen molar-refractivity contribution >= 4 is 102 Å². The molecule has 0 saturated carbocycles. The molecule has 0 bridgehead atoms. The molecule has 0 N–H and O–H groups in total. The Bertz CT molecular complexity index is 3550. The Balaban J connectivity index is 1.10. The van der Waals surface area contributed by atoms with E-state index >= 15 is 0 Å². The summed E-state index contributed by atoms with van der Waals surface area (Å²) in [4.78, 5) is 2.50. The Labute approximate surface area is 350 Å². The van der Waals surface area contributed by atoms with E-state index in [-0.39, 0.29) is 0 Å². The van der Waals surface area contributed by atoms with Gasteiger partial charge >= 0.3 is 0 Å². The van der Waals surface area contributed by atoms with Gasteiger partial charge in [0, 0.05) is 46.7 Å². The fourth-order valence-corrected chi connectivity index (χ4v) is 11.7. The monoisotopic (exact) mass is 785 g/mol. The smallest absolute Gasteiger partial charge is 0.0640 e. The molecule has 0 saturated heterocycles. The zero-order chi connectivity index (χ0) is 38.9. The first-order chi connectivity index (χ1) is 29.3. The molecule has 2 aromatic heterocycles. The van der Waals surface area contributed by atoms with Gasteiger partial charge < -0.3 is 4.90 Å². The van der Waals surface area contributed by atoms with Gasteiger partial charge in [0.2, 0.25) is 0 Å². The molecule has 59 heavy (non-hydrogen) atoms. The lowest BCUT2D eigenvalue weighted by molar-refractivity contribution is 1.32. The first kappa shape index (κ1) is 34.0. The van der Waals surface area contributed by atoms with Crippen LogP contribution < -0.4 is 4.90 Å². The number of hydrogen-bond donors (Lipinski definition) is 0. The fourth-order valence-electron chi connectivity index (χ4n) is 9.21. The van der Waals surface area contributed by atoms with E-state index in [2.05, 4.69) is 217 Å². The van der Waals surface area contributed by atoms with Crippen molar-refractivity contribution in [1.29, 1.82) is 0 Å². The largest absolute Gasteiger partial charge is 0.308 e. The Morgan fingerprint density at radius 1 is 0.288 bits per heavy atom. The highest BCUT2D eigenvalue weighted by Gasteiger charge is 2.23. The third-order valence-corrected chi connectivity index (χ3v) is 14.3.